The van der Waals surface area contributed by atoms with E-state index in [-0.39, 0.29) is 5.91 Å². The zero-order valence-corrected chi connectivity index (χ0v) is 15.3. The number of methoxy groups -OCH3 is 1. The topological polar surface area (TPSA) is 69.3 Å². The number of nitrogen functional groups attached to an aromatic ring is 1. The summed E-state index contributed by atoms with van der Waals surface area (Å²) >= 11 is 0. The molecule has 0 bridgehead atoms. The van der Waals surface area contributed by atoms with E-state index in [2.05, 4.69) is 16.8 Å². The summed E-state index contributed by atoms with van der Waals surface area (Å²) in [6.45, 7) is 4.13. The summed E-state index contributed by atoms with van der Waals surface area (Å²) in [5.41, 5.74) is 10.0. The van der Waals surface area contributed by atoms with Gasteiger partial charge in [-0.05, 0) is 51.0 Å². The van der Waals surface area contributed by atoms with Crippen molar-refractivity contribution in [3.05, 3.63) is 41.2 Å². The van der Waals surface area contributed by atoms with Gasteiger partial charge < -0.3 is 20.4 Å². The molecule has 1 heterocycles. The molecule has 25 heavy (non-hydrogen) atoms. The second-order valence-corrected chi connectivity index (χ2v) is 6.86. The molecular weight excluding hydrogens is 314 g/mol. The molecule has 0 spiro atoms. The minimum Gasteiger partial charge on any atom is -0.495 e. The van der Waals surface area contributed by atoms with Gasteiger partial charge in [-0.2, -0.15) is 0 Å². The molecule has 5 heteroatoms. The van der Waals surface area contributed by atoms with Gasteiger partial charge in [-0.15, -0.1) is 0 Å². The lowest BCUT2D eigenvalue weighted by atomic mass is 9.95. The SMILES string of the molecule is COc1ccc(NC(=O)c2cc(C)n(C3CCCCC3)c2C)cc1N. The summed E-state index contributed by atoms with van der Waals surface area (Å²) in [5, 5.41) is 2.95. The fourth-order valence-electron chi connectivity index (χ4n) is 3.92. The smallest absolute Gasteiger partial charge is 0.257 e. The van der Waals surface area contributed by atoms with Gasteiger partial charge in [-0.25, -0.2) is 0 Å². The predicted molar refractivity (Wildman–Crippen MR) is 101 cm³/mol. The number of anilines is 2. The average molecular weight is 341 g/mol. The van der Waals surface area contributed by atoms with Crippen LogP contribution in [-0.4, -0.2) is 17.6 Å². The second-order valence-electron chi connectivity index (χ2n) is 6.86. The first-order valence-corrected chi connectivity index (χ1v) is 8.94. The van der Waals surface area contributed by atoms with Crippen molar-refractivity contribution in [3.63, 3.8) is 0 Å². The van der Waals surface area contributed by atoms with Gasteiger partial charge in [0.25, 0.3) is 5.91 Å². The van der Waals surface area contributed by atoms with Crippen molar-refractivity contribution in [3.8, 4) is 5.75 Å². The normalized spacial score (nSPS) is 15.2. The number of ether oxygens (including phenoxy) is 1. The summed E-state index contributed by atoms with van der Waals surface area (Å²) in [5.74, 6) is 0.508. The molecule has 0 aliphatic heterocycles. The molecule has 5 nitrogen and oxygen atoms in total. The zero-order chi connectivity index (χ0) is 18.0. The molecule has 1 aliphatic carbocycles. The fourth-order valence-corrected chi connectivity index (χ4v) is 3.92. The minimum absolute atomic E-state index is 0.0975. The van der Waals surface area contributed by atoms with Crippen LogP contribution in [0.3, 0.4) is 0 Å². The molecule has 1 saturated carbocycles. The maximum Gasteiger partial charge on any atom is 0.257 e. The highest BCUT2D eigenvalue weighted by Crippen LogP contribution is 2.32. The lowest BCUT2D eigenvalue weighted by Crippen LogP contribution is -2.17. The average Bonchev–Trinajstić information content (AvgIpc) is 2.90. The Bertz CT molecular complexity index is 773. The lowest BCUT2D eigenvalue weighted by molar-refractivity contribution is 0.102. The van der Waals surface area contributed by atoms with Crippen molar-refractivity contribution in [2.24, 2.45) is 0 Å². The maximum atomic E-state index is 12.8. The number of aryl methyl sites for hydroxylation is 1. The molecule has 134 valence electrons. The third-order valence-corrected chi connectivity index (χ3v) is 5.16. The van der Waals surface area contributed by atoms with E-state index in [1.807, 2.05) is 13.0 Å². The van der Waals surface area contributed by atoms with E-state index >= 15 is 0 Å². The highest BCUT2D eigenvalue weighted by molar-refractivity contribution is 6.05. The van der Waals surface area contributed by atoms with E-state index in [1.54, 1.807) is 25.3 Å². The number of benzene rings is 1. The van der Waals surface area contributed by atoms with Crippen LogP contribution in [0.25, 0.3) is 0 Å². The highest BCUT2D eigenvalue weighted by atomic mass is 16.5. The van der Waals surface area contributed by atoms with Gasteiger partial charge in [0.1, 0.15) is 5.75 Å². The number of amides is 1. The number of nitrogens with two attached hydrogens (primary N) is 1. The maximum absolute atomic E-state index is 12.8. The molecule has 1 fully saturated rings. The number of nitrogens with zero attached hydrogens (tertiary/aromatic N) is 1. The second kappa shape index (κ2) is 7.21. The van der Waals surface area contributed by atoms with Crippen molar-refractivity contribution in [2.75, 3.05) is 18.2 Å². The fraction of sp³-hybridized carbons (Fsp3) is 0.450. The molecule has 3 N–H and O–H groups in total. The number of rotatable bonds is 4. The predicted octanol–water partition coefficient (Wildman–Crippen LogP) is 4.45. The largest absolute Gasteiger partial charge is 0.495 e. The molecule has 1 amide bonds. The van der Waals surface area contributed by atoms with Crippen molar-refractivity contribution < 1.29 is 9.53 Å². The first-order valence-electron chi connectivity index (χ1n) is 8.94. The summed E-state index contributed by atoms with van der Waals surface area (Å²) in [6.07, 6.45) is 6.27. The minimum atomic E-state index is -0.0975. The first kappa shape index (κ1) is 17.4. The Hall–Kier alpha value is -2.43. The van der Waals surface area contributed by atoms with Crippen LogP contribution in [0.15, 0.2) is 24.3 Å². The Kier molecular flexibility index (Phi) is 5.02. The summed E-state index contributed by atoms with van der Waals surface area (Å²) in [7, 11) is 1.57. The Morgan fingerprint density at radius 3 is 2.56 bits per heavy atom. The van der Waals surface area contributed by atoms with Crippen molar-refractivity contribution in [1.29, 1.82) is 0 Å². The zero-order valence-electron chi connectivity index (χ0n) is 15.3. The molecule has 0 atom stereocenters. The van der Waals surface area contributed by atoms with Crippen molar-refractivity contribution in [2.45, 2.75) is 52.0 Å². The number of hydrogen-bond donors (Lipinski definition) is 2. The van der Waals surface area contributed by atoms with Crippen LogP contribution in [0.2, 0.25) is 0 Å². The lowest BCUT2D eigenvalue weighted by Gasteiger charge is -2.26. The molecule has 1 aromatic carbocycles. The number of carbonyl (C=O) groups is 1. The number of nitrogens with one attached hydrogen (secondary N) is 1. The van der Waals surface area contributed by atoms with Crippen LogP contribution in [-0.2, 0) is 0 Å². The van der Waals surface area contributed by atoms with Gasteiger partial charge in [0.2, 0.25) is 0 Å². The van der Waals surface area contributed by atoms with E-state index in [1.165, 1.54) is 32.1 Å². The monoisotopic (exact) mass is 341 g/mol. The van der Waals surface area contributed by atoms with Gasteiger partial charge in [-0.1, -0.05) is 19.3 Å². The van der Waals surface area contributed by atoms with E-state index in [4.69, 9.17) is 10.5 Å². The summed E-state index contributed by atoms with van der Waals surface area (Å²) in [6, 6.07) is 7.79. The highest BCUT2D eigenvalue weighted by Gasteiger charge is 2.22. The molecular formula is C20H27N3O2. The Balaban J connectivity index is 1.81. The van der Waals surface area contributed by atoms with E-state index in [0.717, 1.165) is 17.0 Å². The first-order chi connectivity index (χ1) is 12.0. The van der Waals surface area contributed by atoms with Gasteiger partial charge in [0.05, 0.1) is 18.4 Å². The van der Waals surface area contributed by atoms with E-state index < -0.39 is 0 Å². The van der Waals surface area contributed by atoms with Crippen LogP contribution >= 0.6 is 0 Å². The quantitative estimate of drug-likeness (QED) is 0.807. The molecule has 0 saturated heterocycles. The molecule has 3 rings (SSSR count). The van der Waals surface area contributed by atoms with Gasteiger partial charge in [-0.3, -0.25) is 4.79 Å². The standard InChI is InChI=1S/C20H27N3O2/c1-13-11-17(14(2)23(13)16-7-5-4-6-8-16)20(24)22-15-9-10-19(25-3)18(21)12-15/h9-12,16H,4-8,21H2,1-3H3,(H,22,24). The molecule has 2 aromatic rings. The summed E-state index contributed by atoms with van der Waals surface area (Å²) < 4.78 is 7.50. The number of aromatic nitrogens is 1. The third kappa shape index (κ3) is 3.50. The third-order valence-electron chi connectivity index (χ3n) is 5.16. The van der Waals surface area contributed by atoms with Crippen LogP contribution < -0.4 is 15.8 Å². The molecule has 0 unspecified atom stereocenters. The van der Waals surface area contributed by atoms with E-state index in [0.29, 0.717) is 23.2 Å². The Morgan fingerprint density at radius 2 is 1.92 bits per heavy atom. The Labute approximate surface area is 149 Å². The van der Waals surface area contributed by atoms with Gasteiger partial charge >= 0.3 is 0 Å². The Morgan fingerprint density at radius 1 is 1.20 bits per heavy atom. The van der Waals surface area contributed by atoms with Crippen LogP contribution in [0.1, 0.15) is 59.9 Å². The summed E-state index contributed by atoms with van der Waals surface area (Å²) in [4.78, 5) is 12.8. The van der Waals surface area contributed by atoms with Gasteiger partial charge in [0, 0.05) is 23.1 Å². The molecule has 1 aromatic heterocycles. The van der Waals surface area contributed by atoms with Crippen LogP contribution in [0.4, 0.5) is 11.4 Å². The van der Waals surface area contributed by atoms with Gasteiger partial charge in [0.15, 0.2) is 0 Å². The molecule has 0 radical (unpaired) electrons. The van der Waals surface area contributed by atoms with Crippen LogP contribution in [0, 0.1) is 13.8 Å². The molecule has 1 aliphatic rings. The number of carbonyl (C=O) groups excluding carboxylic acids is 1. The van der Waals surface area contributed by atoms with Crippen molar-refractivity contribution >= 4 is 17.3 Å². The van der Waals surface area contributed by atoms with Crippen LogP contribution in [0.5, 0.6) is 5.75 Å². The van der Waals surface area contributed by atoms with Crippen molar-refractivity contribution in [1.82, 2.24) is 4.57 Å². The van der Waals surface area contributed by atoms with E-state index in [9.17, 15) is 4.79 Å². The number of hydrogen-bond acceptors (Lipinski definition) is 3.